The number of rotatable bonds is 4. The Kier molecular flexibility index (Phi) is 4.42. The molecule has 0 aromatic rings. The summed E-state index contributed by atoms with van der Waals surface area (Å²) in [5.41, 5.74) is 0. The Balaban J connectivity index is 1.53. The molecular formula is C12H24N2O. The zero-order chi connectivity index (χ0) is 10.5. The number of likely N-dealkylation sites (tertiary alicyclic amines) is 1. The van der Waals surface area contributed by atoms with Crippen molar-refractivity contribution in [3.63, 3.8) is 0 Å². The zero-order valence-corrected chi connectivity index (χ0v) is 9.87. The molecule has 0 bridgehead atoms. The van der Waals surface area contributed by atoms with E-state index in [4.69, 9.17) is 4.74 Å². The summed E-state index contributed by atoms with van der Waals surface area (Å²) in [6.07, 6.45) is 3.95. The fraction of sp³-hybridized carbons (Fsp3) is 1.00. The van der Waals surface area contributed by atoms with Gasteiger partial charge in [0.25, 0.3) is 0 Å². The van der Waals surface area contributed by atoms with Gasteiger partial charge in [0.05, 0.1) is 6.61 Å². The van der Waals surface area contributed by atoms with E-state index in [0.717, 1.165) is 25.7 Å². The second-order valence-electron chi connectivity index (χ2n) is 5.04. The standard InChI is InChI=1S/C12H24N2O/c1-11-2-6-14(7-3-11)8-5-13-12-4-9-15-10-12/h11-13H,2-10H2,1H3. The van der Waals surface area contributed by atoms with Crippen LogP contribution in [0.1, 0.15) is 26.2 Å². The maximum absolute atomic E-state index is 5.34. The molecule has 0 amide bonds. The molecule has 3 nitrogen and oxygen atoms in total. The van der Waals surface area contributed by atoms with Gasteiger partial charge in [-0.15, -0.1) is 0 Å². The van der Waals surface area contributed by atoms with Crippen LogP contribution >= 0.6 is 0 Å². The molecule has 2 heterocycles. The molecule has 0 saturated carbocycles. The highest BCUT2D eigenvalue weighted by atomic mass is 16.5. The highest BCUT2D eigenvalue weighted by Gasteiger charge is 2.17. The summed E-state index contributed by atoms with van der Waals surface area (Å²) in [7, 11) is 0. The highest BCUT2D eigenvalue weighted by molar-refractivity contribution is 4.74. The van der Waals surface area contributed by atoms with Gasteiger partial charge in [0, 0.05) is 25.7 Å². The normalized spacial score (nSPS) is 29.8. The van der Waals surface area contributed by atoms with E-state index in [1.165, 1.54) is 38.9 Å². The minimum absolute atomic E-state index is 0.619. The van der Waals surface area contributed by atoms with Crippen molar-refractivity contribution in [2.75, 3.05) is 39.4 Å². The summed E-state index contributed by atoms with van der Waals surface area (Å²) < 4.78 is 5.34. The number of hydrogen-bond acceptors (Lipinski definition) is 3. The lowest BCUT2D eigenvalue weighted by molar-refractivity contribution is 0.180. The van der Waals surface area contributed by atoms with Crippen LogP contribution in [-0.2, 0) is 4.74 Å². The summed E-state index contributed by atoms with van der Waals surface area (Å²) in [5.74, 6) is 0.942. The van der Waals surface area contributed by atoms with Gasteiger partial charge >= 0.3 is 0 Å². The monoisotopic (exact) mass is 212 g/mol. The molecule has 1 atom stereocenters. The third kappa shape index (κ3) is 3.74. The van der Waals surface area contributed by atoms with E-state index in [2.05, 4.69) is 17.1 Å². The van der Waals surface area contributed by atoms with Crippen LogP contribution in [0.25, 0.3) is 0 Å². The van der Waals surface area contributed by atoms with Gasteiger partial charge in [-0.05, 0) is 38.3 Å². The van der Waals surface area contributed by atoms with Gasteiger partial charge in [0.1, 0.15) is 0 Å². The zero-order valence-electron chi connectivity index (χ0n) is 9.87. The van der Waals surface area contributed by atoms with Crippen molar-refractivity contribution in [1.82, 2.24) is 10.2 Å². The van der Waals surface area contributed by atoms with E-state index in [1.54, 1.807) is 0 Å². The van der Waals surface area contributed by atoms with Crippen molar-refractivity contribution in [1.29, 1.82) is 0 Å². The quantitative estimate of drug-likeness (QED) is 0.755. The first-order valence-electron chi connectivity index (χ1n) is 6.38. The second-order valence-corrected chi connectivity index (χ2v) is 5.04. The Labute approximate surface area is 93.2 Å². The Bertz CT molecular complexity index is 172. The van der Waals surface area contributed by atoms with Crippen LogP contribution in [0.4, 0.5) is 0 Å². The smallest absolute Gasteiger partial charge is 0.0620 e. The van der Waals surface area contributed by atoms with Crippen LogP contribution in [0, 0.1) is 5.92 Å². The molecule has 0 radical (unpaired) electrons. The number of ether oxygens (including phenoxy) is 1. The minimum Gasteiger partial charge on any atom is -0.380 e. The van der Waals surface area contributed by atoms with Gasteiger partial charge in [-0.1, -0.05) is 6.92 Å². The molecule has 0 aliphatic carbocycles. The SMILES string of the molecule is CC1CCN(CCNC2CCOC2)CC1. The van der Waals surface area contributed by atoms with E-state index in [0.29, 0.717) is 6.04 Å². The van der Waals surface area contributed by atoms with Gasteiger partial charge in [0.15, 0.2) is 0 Å². The Hall–Kier alpha value is -0.120. The summed E-state index contributed by atoms with van der Waals surface area (Å²) in [5, 5.41) is 3.57. The van der Waals surface area contributed by atoms with Crippen molar-refractivity contribution in [3.05, 3.63) is 0 Å². The summed E-state index contributed by atoms with van der Waals surface area (Å²) in [4.78, 5) is 2.59. The molecule has 0 aromatic carbocycles. The van der Waals surface area contributed by atoms with Gasteiger partial charge in [-0.2, -0.15) is 0 Å². The van der Waals surface area contributed by atoms with Crippen molar-refractivity contribution in [2.45, 2.75) is 32.2 Å². The summed E-state index contributed by atoms with van der Waals surface area (Å²) in [6, 6.07) is 0.619. The molecule has 15 heavy (non-hydrogen) atoms. The van der Waals surface area contributed by atoms with E-state index < -0.39 is 0 Å². The van der Waals surface area contributed by atoms with Gasteiger partial charge in [0.2, 0.25) is 0 Å². The van der Waals surface area contributed by atoms with Crippen LogP contribution in [-0.4, -0.2) is 50.3 Å². The maximum Gasteiger partial charge on any atom is 0.0620 e. The lowest BCUT2D eigenvalue weighted by atomic mass is 9.99. The van der Waals surface area contributed by atoms with E-state index in [1.807, 2.05) is 0 Å². The van der Waals surface area contributed by atoms with Crippen molar-refractivity contribution < 1.29 is 4.74 Å². The molecule has 2 rings (SSSR count). The molecule has 88 valence electrons. The van der Waals surface area contributed by atoms with Crippen molar-refractivity contribution in [2.24, 2.45) is 5.92 Å². The van der Waals surface area contributed by atoms with Crippen LogP contribution in [0.5, 0.6) is 0 Å². The van der Waals surface area contributed by atoms with E-state index in [-0.39, 0.29) is 0 Å². The molecule has 2 saturated heterocycles. The fourth-order valence-electron chi connectivity index (χ4n) is 2.41. The Morgan fingerprint density at radius 3 is 2.73 bits per heavy atom. The third-order valence-corrected chi connectivity index (χ3v) is 3.67. The third-order valence-electron chi connectivity index (χ3n) is 3.67. The fourth-order valence-corrected chi connectivity index (χ4v) is 2.41. The molecule has 2 aliphatic heterocycles. The van der Waals surface area contributed by atoms with Crippen LogP contribution in [0.2, 0.25) is 0 Å². The van der Waals surface area contributed by atoms with Crippen molar-refractivity contribution >= 4 is 0 Å². The molecule has 2 fully saturated rings. The average Bonchev–Trinajstić information content (AvgIpc) is 2.74. The summed E-state index contributed by atoms with van der Waals surface area (Å²) >= 11 is 0. The number of piperidine rings is 1. The summed E-state index contributed by atoms with van der Waals surface area (Å²) in [6.45, 7) is 9.15. The topological polar surface area (TPSA) is 24.5 Å². The largest absolute Gasteiger partial charge is 0.380 e. The number of nitrogens with one attached hydrogen (secondary N) is 1. The second kappa shape index (κ2) is 5.83. The predicted molar refractivity (Wildman–Crippen MR) is 62.1 cm³/mol. The van der Waals surface area contributed by atoms with E-state index >= 15 is 0 Å². The molecule has 1 unspecified atom stereocenters. The highest BCUT2D eigenvalue weighted by Crippen LogP contribution is 2.15. The minimum atomic E-state index is 0.619. The van der Waals surface area contributed by atoms with Crippen LogP contribution in [0.15, 0.2) is 0 Å². The molecule has 3 heteroatoms. The maximum atomic E-state index is 5.34. The predicted octanol–water partition coefficient (Wildman–Crippen LogP) is 1.10. The van der Waals surface area contributed by atoms with E-state index in [9.17, 15) is 0 Å². The Morgan fingerprint density at radius 2 is 2.07 bits per heavy atom. The molecule has 1 N–H and O–H groups in total. The first kappa shape index (κ1) is 11.4. The molecule has 2 aliphatic rings. The molecular weight excluding hydrogens is 188 g/mol. The van der Waals surface area contributed by atoms with Crippen LogP contribution in [0.3, 0.4) is 0 Å². The first-order valence-corrected chi connectivity index (χ1v) is 6.38. The van der Waals surface area contributed by atoms with Gasteiger partial charge in [-0.3, -0.25) is 0 Å². The van der Waals surface area contributed by atoms with Crippen molar-refractivity contribution in [3.8, 4) is 0 Å². The average molecular weight is 212 g/mol. The lowest BCUT2D eigenvalue weighted by Gasteiger charge is -2.30. The number of hydrogen-bond donors (Lipinski definition) is 1. The molecule has 0 aromatic heterocycles. The van der Waals surface area contributed by atoms with Crippen LogP contribution < -0.4 is 5.32 Å². The molecule has 0 spiro atoms. The van der Waals surface area contributed by atoms with Gasteiger partial charge < -0.3 is 15.0 Å². The first-order chi connectivity index (χ1) is 7.34. The van der Waals surface area contributed by atoms with Gasteiger partial charge in [-0.25, -0.2) is 0 Å². The number of nitrogens with zero attached hydrogens (tertiary/aromatic N) is 1. The lowest BCUT2D eigenvalue weighted by Crippen LogP contribution is -2.40. The Morgan fingerprint density at radius 1 is 1.27 bits per heavy atom.